The number of urea groups is 1. The molecule has 28 heavy (non-hydrogen) atoms. The molecule has 7 nitrogen and oxygen atoms in total. The van der Waals surface area contributed by atoms with Gasteiger partial charge in [0.2, 0.25) is 5.75 Å². The average Bonchev–Trinajstić information content (AvgIpc) is 3.13. The van der Waals surface area contributed by atoms with Crippen LogP contribution in [0.1, 0.15) is 38.1 Å². The third-order valence-corrected chi connectivity index (χ3v) is 4.78. The molecule has 152 valence electrons. The van der Waals surface area contributed by atoms with Gasteiger partial charge in [-0.05, 0) is 50.6 Å². The van der Waals surface area contributed by atoms with Gasteiger partial charge in [-0.3, -0.25) is 0 Å². The van der Waals surface area contributed by atoms with Gasteiger partial charge in [-0.15, -0.1) is 0 Å². The van der Waals surface area contributed by atoms with Crippen LogP contribution in [0.2, 0.25) is 0 Å². The minimum absolute atomic E-state index is 0.0984. The van der Waals surface area contributed by atoms with Gasteiger partial charge in [0, 0.05) is 30.5 Å². The van der Waals surface area contributed by atoms with Crippen molar-refractivity contribution in [1.82, 2.24) is 14.8 Å². The molecule has 7 heteroatoms. The van der Waals surface area contributed by atoms with Crippen LogP contribution in [0.5, 0.6) is 17.2 Å². The normalized spacial score (nSPS) is 16.4. The maximum absolute atomic E-state index is 13.1. The fraction of sp³-hybridized carbons (Fsp3) is 0.476. The van der Waals surface area contributed by atoms with Crippen molar-refractivity contribution in [3.05, 3.63) is 41.7 Å². The number of amides is 2. The number of carbonyl (C=O) groups excluding carboxylic acids is 1. The van der Waals surface area contributed by atoms with Crippen LogP contribution in [-0.2, 0) is 6.54 Å². The Hall–Kier alpha value is -2.83. The van der Waals surface area contributed by atoms with Crippen molar-refractivity contribution in [3.8, 4) is 17.2 Å². The van der Waals surface area contributed by atoms with Gasteiger partial charge in [-0.25, -0.2) is 4.79 Å². The lowest BCUT2D eigenvalue weighted by atomic mass is 9.99. The molecule has 2 amide bonds. The molecule has 0 saturated carbocycles. The van der Waals surface area contributed by atoms with Crippen LogP contribution in [0.15, 0.2) is 30.5 Å². The zero-order valence-electron chi connectivity index (χ0n) is 17.4. The van der Waals surface area contributed by atoms with Crippen molar-refractivity contribution in [1.29, 1.82) is 0 Å². The van der Waals surface area contributed by atoms with Gasteiger partial charge in [-0.1, -0.05) is 0 Å². The summed E-state index contributed by atoms with van der Waals surface area (Å²) in [4.78, 5) is 14.9. The Bertz CT molecular complexity index is 829. The summed E-state index contributed by atoms with van der Waals surface area (Å²) in [6, 6.07) is 7.51. The fourth-order valence-electron chi connectivity index (χ4n) is 3.60. The topological polar surface area (TPSA) is 65.0 Å². The highest BCUT2D eigenvalue weighted by atomic mass is 16.5. The molecule has 0 saturated heterocycles. The van der Waals surface area contributed by atoms with Crippen LogP contribution < -0.4 is 19.5 Å². The molecule has 1 atom stereocenters. The second kappa shape index (κ2) is 7.66. The molecule has 1 aliphatic heterocycles. The van der Waals surface area contributed by atoms with Crippen molar-refractivity contribution < 1.29 is 19.0 Å². The second-order valence-corrected chi connectivity index (χ2v) is 7.86. The molecule has 1 N–H and O–H groups in total. The predicted octanol–water partition coefficient (Wildman–Crippen LogP) is 3.43. The van der Waals surface area contributed by atoms with Crippen molar-refractivity contribution >= 4 is 6.03 Å². The molecule has 1 aromatic heterocycles. The third-order valence-electron chi connectivity index (χ3n) is 4.78. The van der Waals surface area contributed by atoms with E-state index in [4.69, 9.17) is 14.2 Å². The van der Waals surface area contributed by atoms with Crippen LogP contribution in [0.4, 0.5) is 4.79 Å². The largest absolute Gasteiger partial charge is 0.493 e. The van der Waals surface area contributed by atoms with E-state index in [9.17, 15) is 4.79 Å². The molecule has 2 heterocycles. The number of fused-ring (bicyclic) bond motifs is 1. The van der Waals surface area contributed by atoms with Crippen LogP contribution in [0.25, 0.3) is 0 Å². The number of carbonyl (C=O) groups is 1. The maximum Gasteiger partial charge on any atom is 0.318 e. The molecule has 0 bridgehead atoms. The number of hydrogen-bond donors (Lipinski definition) is 1. The van der Waals surface area contributed by atoms with Crippen LogP contribution in [0, 0.1) is 0 Å². The lowest BCUT2D eigenvalue weighted by molar-refractivity contribution is 0.160. The van der Waals surface area contributed by atoms with Crippen molar-refractivity contribution in [2.75, 3.05) is 27.9 Å². The zero-order chi connectivity index (χ0) is 20.5. The first-order chi connectivity index (χ1) is 13.3. The van der Waals surface area contributed by atoms with Gasteiger partial charge < -0.3 is 29.0 Å². The number of ether oxygens (including phenoxy) is 3. The summed E-state index contributed by atoms with van der Waals surface area (Å²) in [6.45, 7) is 7.29. The smallest absolute Gasteiger partial charge is 0.318 e. The number of methoxy groups -OCH3 is 3. The Kier molecular flexibility index (Phi) is 5.45. The Labute approximate surface area is 166 Å². The number of aromatic nitrogens is 1. The quantitative estimate of drug-likeness (QED) is 0.873. The molecular formula is C21H29N3O4. The summed E-state index contributed by atoms with van der Waals surface area (Å²) in [5, 5.41) is 3.08. The first kappa shape index (κ1) is 19.9. The fourth-order valence-corrected chi connectivity index (χ4v) is 3.60. The van der Waals surface area contributed by atoms with Crippen molar-refractivity contribution in [2.24, 2.45) is 0 Å². The summed E-state index contributed by atoms with van der Waals surface area (Å²) in [6.07, 6.45) is 2.04. The highest BCUT2D eigenvalue weighted by Crippen LogP contribution is 2.43. The molecule has 0 unspecified atom stereocenters. The standard InChI is InChI=1S/C21H29N3O4/c1-21(2,3)22-20(25)24-11-10-23-9-7-8-15(23)18(24)14-12-16(26-4)19(28-6)17(13-14)27-5/h7-9,12-13,18H,10-11H2,1-6H3,(H,22,25)/t18-/m0/s1. The monoisotopic (exact) mass is 387 g/mol. The zero-order valence-corrected chi connectivity index (χ0v) is 17.4. The molecule has 0 fully saturated rings. The van der Waals surface area contributed by atoms with Crippen molar-refractivity contribution in [2.45, 2.75) is 38.9 Å². The molecule has 0 spiro atoms. The average molecular weight is 387 g/mol. The molecule has 0 aliphatic carbocycles. The van der Waals surface area contributed by atoms with E-state index in [1.807, 2.05) is 56.1 Å². The third kappa shape index (κ3) is 3.74. The van der Waals surface area contributed by atoms with E-state index in [1.54, 1.807) is 21.3 Å². The summed E-state index contributed by atoms with van der Waals surface area (Å²) < 4.78 is 18.7. The Morgan fingerprint density at radius 3 is 2.25 bits per heavy atom. The molecule has 3 rings (SSSR count). The van der Waals surface area contributed by atoms with Gasteiger partial charge in [0.25, 0.3) is 0 Å². The van der Waals surface area contributed by atoms with Crippen LogP contribution in [-0.4, -0.2) is 48.9 Å². The summed E-state index contributed by atoms with van der Waals surface area (Å²) in [7, 11) is 4.76. The van der Waals surface area contributed by atoms with E-state index in [1.165, 1.54) is 0 Å². The number of nitrogens with zero attached hydrogens (tertiary/aromatic N) is 2. The molecule has 0 radical (unpaired) electrons. The van der Waals surface area contributed by atoms with E-state index in [0.29, 0.717) is 23.8 Å². The molecule has 1 aliphatic rings. The highest BCUT2D eigenvalue weighted by Gasteiger charge is 2.34. The molecular weight excluding hydrogens is 358 g/mol. The van der Waals surface area contributed by atoms with Crippen LogP contribution in [0.3, 0.4) is 0 Å². The Morgan fingerprint density at radius 1 is 1.07 bits per heavy atom. The van der Waals surface area contributed by atoms with E-state index < -0.39 is 0 Å². The van der Waals surface area contributed by atoms with Gasteiger partial charge in [0.05, 0.1) is 27.4 Å². The Morgan fingerprint density at radius 2 is 1.71 bits per heavy atom. The first-order valence-electron chi connectivity index (χ1n) is 9.32. The minimum atomic E-state index is -0.323. The van der Waals surface area contributed by atoms with Gasteiger partial charge >= 0.3 is 6.03 Å². The van der Waals surface area contributed by atoms with E-state index in [0.717, 1.165) is 17.8 Å². The molecule has 2 aromatic rings. The summed E-state index contributed by atoms with van der Waals surface area (Å²) in [5.41, 5.74) is 1.62. The molecule has 1 aromatic carbocycles. The highest BCUT2D eigenvalue weighted by molar-refractivity contribution is 5.76. The van der Waals surface area contributed by atoms with Gasteiger partial charge in [-0.2, -0.15) is 0 Å². The lowest BCUT2D eigenvalue weighted by Gasteiger charge is -2.39. The minimum Gasteiger partial charge on any atom is -0.493 e. The second-order valence-electron chi connectivity index (χ2n) is 7.86. The number of nitrogens with one attached hydrogen (secondary N) is 1. The van der Waals surface area contributed by atoms with E-state index in [2.05, 4.69) is 9.88 Å². The predicted molar refractivity (Wildman–Crippen MR) is 107 cm³/mol. The van der Waals surface area contributed by atoms with E-state index >= 15 is 0 Å². The van der Waals surface area contributed by atoms with Gasteiger partial charge in [0.15, 0.2) is 11.5 Å². The number of rotatable bonds is 4. The number of hydrogen-bond acceptors (Lipinski definition) is 4. The summed E-state index contributed by atoms with van der Waals surface area (Å²) in [5.74, 6) is 1.67. The van der Waals surface area contributed by atoms with Gasteiger partial charge in [0.1, 0.15) is 0 Å². The lowest BCUT2D eigenvalue weighted by Crippen LogP contribution is -2.52. The van der Waals surface area contributed by atoms with Crippen LogP contribution >= 0.6 is 0 Å². The maximum atomic E-state index is 13.1. The number of benzene rings is 1. The summed E-state index contributed by atoms with van der Waals surface area (Å²) >= 11 is 0. The van der Waals surface area contributed by atoms with E-state index in [-0.39, 0.29) is 17.6 Å². The first-order valence-corrected chi connectivity index (χ1v) is 9.32. The van der Waals surface area contributed by atoms with Crippen molar-refractivity contribution in [3.63, 3.8) is 0 Å². The Balaban J connectivity index is 2.11. The SMILES string of the molecule is COc1cc([C@H]2c3cccn3CCN2C(=O)NC(C)(C)C)cc(OC)c1OC.